The van der Waals surface area contributed by atoms with Gasteiger partial charge in [-0.2, -0.15) is 13.2 Å². The Labute approximate surface area is 128 Å². The average Bonchev–Trinajstić information content (AvgIpc) is 2.34. The first-order valence-electron chi connectivity index (χ1n) is 7.18. The summed E-state index contributed by atoms with van der Waals surface area (Å²) in [5, 5.41) is 0. The number of alkyl halides is 3. The molecular weight excluding hydrogens is 293 g/mol. The Balaban J connectivity index is 2.01. The van der Waals surface area contributed by atoms with E-state index < -0.39 is 18.0 Å². The molecule has 0 aromatic heterocycles. The number of likely N-dealkylation sites (tertiary alicyclic amines) is 1. The van der Waals surface area contributed by atoms with Crippen LogP contribution in [0.25, 0.3) is 0 Å². The van der Waals surface area contributed by atoms with Crippen LogP contribution in [-0.2, 0) is 6.54 Å². The van der Waals surface area contributed by atoms with Crippen LogP contribution in [0.1, 0.15) is 29.3 Å². The van der Waals surface area contributed by atoms with Gasteiger partial charge in [-0.25, -0.2) is 0 Å². The van der Waals surface area contributed by atoms with Crippen LogP contribution in [0.5, 0.6) is 0 Å². The number of nitrogens with zero attached hydrogens (tertiary/aromatic N) is 2. The van der Waals surface area contributed by atoms with Crippen LogP contribution in [0.15, 0.2) is 24.3 Å². The highest BCUT2D eigenvalue weighted by molar-refractivity contribution is 5.95. The molecule has 0 unspecified atom stereocenters. The Bertz CT molecular complexity index is 549. The standard InChI is InChI=1S/C16H21F3N2O/c1-15(9-16(17,18)19)10-21(11-15)8-12-6-4-5-7-13(12)14(22)20(2)3/h4-7H,8-11H2,1-3H3. The maximum atomic E-state index is 12.5. The molecule has 0 bridgehead atoms. The summed E-state index contributed by atoms with van der Waals surface area (Å²) >= 11 is 0. The summed E-state index contributed by atoms with van der Waals surface area (Å²) < 4.78 is 37.5. The number of amides is 1. The fraction of sp³-hybridized carbons (Fsp3) is 0.562. The fourth-order valence-corrected chi connectivity index (χ4v) is 3.09. The van der Waals surface area contributed by atoms with Crippen LogP contribution < -0.4 is 0 Å². The number of benzene rings is 1. The van der Waals surface area contributed by atoms with Gasteiger partial charge in [-0.15, -0.1) is 0 Å². The van der Waals surface area contributed by atoms with Crippen molar-refractivity contribution >= 4 is 5.91 Å². The lowest BCUT2D eigenvalue weighted by atomic mass is 9.78. The second-order valence-corrected chi connectivity index (χ2v) is 6.60. The van der Waals surface area contributed by atoms with E-state index in [1.165, 1.54) is 4.90 Å². The minimum Gasteiger partial charge on any atom is -0.345 e. The summed E-state index contributed by atoms with van der Waals surface area (Å²) in [5.74, 6) is -0.0887. The highest BCUT2D eigenvalue weighted by Gasteiger charge is 2.46. The van der Waals surface area contributed by atoms with E-state index in [0.717, 1.165) is 5.56 Å². The maximum absolute atomic E-state index is 12.5. The zero-order chi connectivity index (χ0) is 16.5. The first-order chi connectivity index (χ1) is 10.1. The van der Waals surface area contributed by atoms with Crippen molar-refractivity contribution in [3.63, 3.8) is 0 Å². The lowest BCUT2D eigenvalue weighted by Gasteiger charge is -2.48. The highest BCUT2D eigenvalue weighted by Crippen LogP contribution is 2.41. The molecule has 1 saturated heterocycles. The van der Waals surface area contributed by atoms with Gasteiger partial charge in [-0.3, -0.25) is 9.69 Å². The molecule has 0 N–H and O–H groups in total. The van der Waals surface area contributed by atoms with Gasteiger partial charge in [0, 0.05) is 44.7 Å². The Morgan fingerprint density at radius 1 is 1.27 bits per heavy atom. The third-order valence-electron chi connectivity index (χ3n) is 3.89. The van der Waals surface area contributed by atoms with Crippen LogP contribution in [0, 0.1) is 5.41 Å². The minimum absolute atomic E-state index is 0.0887. The van der Waals surface area contributed by atoms with Crippen molar-refractivity contribution in [2.75, 3.05) is 27.2 Å². The SMILES string of the molecule is CN(C)C(=O)c1ccccc1CN1CC(C)(CC(F)(F)F)C1. The van der Waals surface area contributed by atoms with Gasteiger partial charge < -0.3 is 4.90 Å². The zero-order valence-electron chi connectivity index (χ0n) is 13.1. The van der Waals surface area contributed by atoms with Crippen molar-refractivity contribution in [1.29, 1.82) is 0 Å². The third kappa shape index (κ3) is 4.00. The van der Waals surface area contributed by atoms with Crippen molar-refractivity contribution in [3.05, 3.63) is 35.4 Å². The van der Waals surface area contributed by atoms with Gasteiger partial charge in [0.2, 0.25) is 0 Å². The molecule has 0 aliphatic carbocycles. The molecule has 22 heavy (non-hydrogen) atoms. The van der Waals surface area contributed by atoms with Crippen LogP contribution in [0.4, 0.5) is 13.2 Å². The molecule has 1 aromatic rings. The van der Waals surface area contributed by atoms with Crippen molar-refractivity contribution in [2.24, 2.45) is 5.41 Å². The average molecular weight is 314 g/mol. The monoisotopic (exact) mass is 314 g/mol. The van der Waals surface area contributed by atoms with E-state index in [1.807, 2.05) is 17.0 Å². The van der Waals surface area contributed by atoms with E-state index in [-0.39, 0.29) is 5.91 Å². The molecule has 0 spiro atoms. The lowest BCUT2D eigenvalue weighted by molar-refractivity contribution is -0.177. The number of carbonyl (C=O) groups excluding carboxylic acids is 1. The van der Waals surface area contributed by atoms with Gasteiger partial charge in [0.1, 0.15) is 0 Å². The molecule has 0 radical (unpaired) electrons. The van der Waals surface area contributed by atoms with Gasteiger partial charge in [-0.1, -0.05) is 25.1 Å². The molecule has 1 fully saturated rings. The Morgan fingerprint density at radius 3 is 2.41 bits per heavy atom. The summed E-state index contributed by atoms with van der Waals surface area (Å²) in [4.78, 5) is 15.6. The predicted molar refractivity (Wildman–Crippen MR) is 78.5 cm³/mol. The largest absolute Gasteiger partial charge is 0.389 e. The molecule has 0 saturated carbocycles. The zero-order valence-corrected chi connectivity index (χ0v) is 13.1. The summed E-state index contributed by atoms with van der Waals surface area (Å²) in [6.07, 6.45) is -4.88. The second kappa shape index (κ2) is 5.91. The number of rotatable bonds is 4. The van der Waals surface area contributed by atoms with E-state index in [0.29, 0.717) is 25.2 Å². The van der Waals surface area contributed by atoms with E-state index in [4.69, 9.17) is 0 Å². The van der Waals surface area contributed by atoms with Crippen LogP contribution in [0.2, 0.25) is 0 Å². The predicted octanol–water partition coefficient (Wildman–Crippen LogP) is 3.16. The van der Waals surface area contributed by atoms with E-state index >= 15 is 0 Å². The summed E-state index contributed by atoms with van der Waals surface area (Å²) in [6.45, 7) is 2.96. The maximum Gasteiger partial charge on any atom is 0.389 e. The van der Waals surface area contributed by atoms with Gasteiger partial charge >= 0.3 is 6.18 Å². The van der Waals surface area contributed by atoms with Crippen LogP contribution in [-0.4, -0.2) is 49.1 Å². The summed E-state index contributed by atoms with van der Waals surface area (Å²) in [6, 6.07) is 7.25. The van der Waals surface area contributed by atoms with Crippen molar-refractivity contribution < 1.29 is 18.0 Å². The van der Waals surface area contributed by atoms with E-state index in [9.17, 15) is 18.0 Å². The molecule has 6 heteroatoms. The van der Waals surface area contributed by atoms with Crippen molar-refractivity contribution in [3.8, 4) is 0 Å². The number of hydrogen-bond donors (Lipinski definition) is 0. The normalized spacial score (nSPS) is 17.9. The summed E-state index contributed by atoms with van der Waals surface area (Å²) in [5.41, 5.74) is 0.755. The molecule has 2 rings (SSSR count). The van der Waals surface area contributed by atoms with Gasteiger partial charge in [0.25, 0.3) is 5.91 Å². The Morgan fingerprint density at radius 2 is 1.86 bits per heavy atom. The third-order valence-corrected chi connectivity index (χ3v) is 3.89. The topological polar surface area (TPSA) is 23.6 Å². The first kappa shape index (κ1) is 16.8. The quantitative estimate of drug-likeness (QED) is 0.852. The fourth-order valence-electron chi connectivity index (χ4n) is 3.09. The smallest absolute Gasteiger partial charge is 0.345 e. The van der Waals surface area contributed by atoms with Crippen LogP contribution >= 0.6 is 0 Å². The molecule has 0 atom stereocenters. The molecule has 3 nitrogen and oxygen atoms in total. The first-order valence-corrected chi connectivity index (χ1v) is 7.18. The number of hydrogen-bond acceptors (Lipinski definition) is 2. The van der Waals surface area contributed by atoms with E-state index in [2.05, 4.69) is 0 Å². The number of halogens is 3. The van der Waals surface area contributed by atoms with Crippen LogP contribution in [0.3, 0.4) is 0 Å². The molecule has 1 aromatic carbocycles. The van der Waals surface area contributed by atoms with Gasteiger partial charge in [-0.05, 0) is 11.6 Å². The highest BCUT2D eigenvalue weighted by atomic mass is 19.4. The molecular formula is C16H21F3N2O. The van der Waals surface area contributed by atoms with Gasteiger partial charge in [0.05, 0.1) is 6.42 Å². The molecule has 1 aliphatic heterocycles. The molecule has 1 amide bonds. The summed E-state index contributed by atoms with van der Waals surface area (Å²) in [7, 11) is 3.37. The minimum atomic E-state index is -4.13. The van der Waals surface area contributed by atoms with Gasteiger partial charge in [0.15, 0.2) is 0 Å². The molecule has 1 heterocycles. The lowest BCUT2D eigenvalue weighted by Crippen LogP contribution is -2.55. The Hall–Kier alpha value is -1.56. The van der Waals surface area contributed by atoms with Crippen molar-refractivity contribution in [1.82, 2.24) is 9.80 Å². The Kier molecular flexibility index (Phi) is 4.52. The van der Waals surface area contributed by atoms with E-state index in [1.54, 1.807) is 33.2 Å². The second-order valence-electron chi connectivity index (χ2n) is 6.60. The number of carbonyl (C=O) groups is 1. The van der Waals surface area contributed by atoms with Crippen molar-refractivity contribution in [2.45, 2.75) is 26.1 Å². The molecule has 122 valence electrons. The molecule has 1 aliphatic rings.